The van der Waals surface area contributed by atoms with Crippen molar-refractivity contribution in [1.82, 2.24) is 0 Å². The van der Waals surface area contributed by atoms with Gasteiger partial charge in [-0.2, -0.15) is 0 Å². The fourth-order valence-corrected chi connectivity index (χ4v) is 3.58. The highest BCUT2D eigenvalue weighted by Gasteiger charge is 2.18. The van der Waals surface area contributed by atoms with Crippen LogP contribution in [0.5, 0.6) is 5.75 Å². The molecule has 0 aromatic heterocycles. The lowest BCUT2D eigenvalue weighted by Crippen LogP contribution is -2.24. The number of unbranched alkanes of at least 4 members (excludes halogenated alkanes) is 2. The molecule has 0 saturated heterocycles. The van der Waals surface area contributed by atoms with Crippen LogP contribution < -0.4 is 4.74 Å². The minimum absolute atomic E-state index is 0.0616. The van der Waals surface area contributed by atoms with Crippen molar-refractivity contribution in [2.24, 2.45) is 5.92 Å². The molecule has 5 heteroatoms. The minimum Gasteiger partial charge on any atom is -0.479 e. The van der Waals surface area contributed by atoms with E-state index in [9.17, 15) is 4.79 Å². The molecule has 2 unspecified atom stereocenters. The summed E-state index contributed by atoms with van der Waals surface area (Å²) in [6.07, 6.45) is 8.46. The van der Waals surface area contributed by atoms with Gasteiger partial charge in [-0.05, 0) is 54.8 Å². The first-order valence-electron chi connectivity index (χ1n) is 11.6. The first-order chi connectivity index (χ1) is 16.5. The van der Waals surface area contributed by atoms with Gasteiger partial charge in [0.05, 0.1) is 6.10 Å². The van der Waals surface area contributed by atoms with Gasteiger partial charge in [0.15, 0.2) is 6.10 Å². The van der Waals surface area contributed by atoms with Gasteiger partial charge in [0.2, 0.25) is 0 Å². The van der Waals surface area contributed by atoms with Crippen LogP contribution in [0.15, 0.2) is 78.6 Å². The van der Waals surface area contributed by atoms with Crippen molar-refractivity contribution in [3.8, 4) is 17.6 Å². The number of rotatable bonds is 11. The summed E-state index contributed by atoms with van der Waals surface area (Å²) in [5.74, 6) is 7.34. The maximum Gasteiger partial charge on any atom is 0.333 e. The highest BCUT2D eigenvalue weighted by Crippen LogP contribution is 2.23. The Bertz CT molecular complexity index is 1030. The van der Waals surface area contributed by atoms with E-state index >= 15 is 0 Å². The molecule has 0 fully saturated rings. The number of benzene rings is 2. The zero-order valence-electron chi connectivity index (χ0n) is 19.8. The summed E-state index contributed by atoms with van der Waals surface area (Å²) < 4.78 is 16.9. The summed E-state index contributed by atoms with van der Waals surface area (Å²) in [4.78, 5) is 11.1. The third-order valence-corrected chi connectivity index (χ3v) is 5.55. The number of hydrogen-bond donors (Lipinski definition) is 1. The Morgan fingerprint density at radius 1 is 1.09 bits per heavy atom. The van der Waals surface area contributed by atoms with Gasteiger partial charge in [-0.1, -0.05) is 55.2 Å². The van der Waals surface area contributed by atoms with Crippen molar-refractivity contribution in [2.45, 2.75) is 44.8 Å². The molecular weight excluding hydrogens is 428 g/mol. The van der Waals surface area contributed by atoms with Crippen LogP contribution in [0.25, 0.3) is 0 Å². The number of ether oxygens (including phenoxy) is 3. The van der Waals surface area contributed by atoms with Crippen molar-refractivity contribution in [1.29, 1.82) is 0 Å². The molecule has 0 spiro atoms. The molecule has 3 atom stereocenters. The molecule has 0 amide bonds. The molecule has 1 N–H and O–H groups in total. The Hall–Kier alpha value is -3.33. The van der Waals surface area contributed by atoms with Gasteiger partial charge in [-0.3, -0.25) is 0 Å². The smallest absolute Gasteiger partial charge is 0.333 e. The van der Waals surface area contributed by atoms with Crippen LogP contribution in [-0.4, -0.2) is 37.0 Å². The molecule has 1 aliphatic carbocycles. The van der Waals surface area contributed by atoms with Crippen molar-refractivity contribution >= 4 is 5.97 Å². The first-order valence-corrected chi connectivity index (χ1v) is 11.6. The van der Waals surface area contributed by atoms with Crippen LogP contribution in [0.1, 0.15) is 37.3 Å². The molecule has 3 rings (SSSR count). The van der Waals surface area contributed by atoms with Crippen LogP contribution >= 0.6 is 0 Å². The lowest BCUT2D eigenvalue weighted by Gasteiger charge is -2.23. The molecule has 178 valence electrons. The van der Waals surface area contributed by atoms with E-state index in [1.807, 2.05) is 60.7 Å². The molecule has 0 radical (unpaired) electrons. The van der Waals surface area contributed by atoms with E-state index in [0.717, 1.165) is 41.9 Å². The van der Waals surface area contributed by atoms with E-state index in [2.05, 4.69) is 30.9 Å². The second kappa shape index (κ2) is 13.4. The number of allylic oxidation sites excluding steroid dienone is 1. The van der Waals surface area contributed by atoms with Crippen LogP contribution in [0, 0.1) is 17.8 Å². The number of methoxy groups -OCH3 is 1. The second-order valence-corrected chi connectivity index (χ2v) is 8.26. The number of para-hydroxylation sites is 1. The number of carboxylic acids is 1. The monoisotopic (exact) mass is 460 g/mol. The number of carbonyl (C=O) groups is 1. The van der Waals surface area contributed by atoms with Crippen molar-refractivity contribution in [3.05, 3.63) is 89.7 Å². The molecule has 2 aromatic carbocycles. The molecule has 0 aliphatic heterocycles. The molecule has 2 aromatic rings. The van der Waals surface area contributed by atoms with Gasteiger partial charge in [-0.25, -0.2) is 4.79 Å². The Kier molecular flexibility index (Phi) is 9.97. The van der Waals surface area contributed by atoms with Gasteiger partial charge in [-0.15, -0.1) is 0 Å². The number of carboxylic acid groups (broad SMARTS) is 1. The molecule has 1 aliphatic rings. The zero-order valence-corrected chi connectivity index (χ0v) is 19.8. The quantitative estimate of drug-likeness (QED) is 0.359. The minimum atomic E-state index is -0.956. The Balaban J connectivity index is 1.32. The summed E-state index contributed by atoms with van der Waals surface area (Å²) in [5, 5.41) is 9.07. The van der Waals surface area contributed by atoms with E-state index in [4.69, 9.17) is 19.3 Å². The number of hydrogen-bond acceptors (Lipinski definition) is 4. The average Bonchev–Trinajstić information content (AvgIpc) is 2.84. The molecular formula is C29H32O5. The molecule has 34 heavy (non-hydrogen) atoms. The van der Waals surface area contributed by atoms with Crippen LogP contribution in [0.4, 0.5) is 0 Å². The zero-order chi connectivity index (χ0) is 24.2. The SMILES string of the molecule is CO[C@@H](Cc1ccc(C#CCCCCOC2C=CC(Oc3ccccc3)=CC2C)cc1)C(=O)O. The predicted molar refractivity (Wildman–Crippen MR) is 133 cm³/mol. The first kappa shape index (κ1) is 25.3. The Morgan fingerprint density at radius 3 is 2.53 bits per heavy atom. The van der Waals surface area contributed by atoms with E-state index in [1.165, 1.54) is 7.11 Å². The summed E-state index contributed by atoms with van der Waals surface area (Å²) >= 11 is 0. The van der Waals surface area contributed by atoms with Crippen LogP contribution in [0.3, 0.4) is 0 Å². The molecule has 0 heterocycles. The normalized spacial score (nSPS) is 17.9. The van der Waals surface area contributed by atoms with E-state index in [0.29, 0.717) is 13.0 Å². The van der Waals surface area contributed by atoms with Crippen molar-refractivity contribution < 1.29 is 24.1 Å². The lowest BCUT2D eigenvalue weighted by atomic mass is 9.99. The topological polar surface area (TPSA) is 65.0 Å². The number of aliphatic carboxylic acids is 1. The second-order valence-electron chi connectivity index (χ2n) is 8.26. The average molecular weight is 461 g/mol. The summed E-state index contributed by atoms with van der Waals surface area (Å²) in [6, 6.07) is 17.4. The van der Waals surface area contributed by atoms with Gasteiger partial charge in [0, 0.05) is 38.0 Å². The van der Waals surface area contributed by atoms with Crippen LogP contribution in [-0.2, 0) is 20.7 Å². The standard InChI is InChI=1S/C29H32O5/c1-22-20-26(34-25-11-7-5-8-12-25)17-18-27(22)33-19-9-4-3-6-10-23-13-15-24(16-14-23)21-28(32-2)29(30)31/h5,7-8,11-18,20,22,27-28H,3-4,9,19,21H2,1-2H3,(H,30,31)/t22?,27?,28-/m0/s1. The summed E-state index contributed by atoms with van der Waals surface area (Å²) in [6.45, 7) is 2.83. The van der Waals surface area contributed by atoms with Gasteiger partial charge in [0.1, 0.15) is 11.5 Å². The van der Waals surface area contributed by atoms with Gasteiger partial charge in [0.25, 0.3) is 0 Å². The fourth-order valence-electron chi connectivity index (χ4n) is 3.58. The summed E-state index contributed by atoms with van der Waals surface area (Å²) in [7, 11) is 1.41. The van der Waals surface area contributed by atoms with Gasteiger partial charge < -0.3 is 19.3 Å². The van der Waals surface area contributed by atoms with Crippen LogP contribution in [0.2, 0.25) is 0 Å². The van der Waals surface area contributed by atoms with E-state index < -0.39 is 12.1 Å². The fraction of sp³-hybridized carbons (Fsp3) is 0.345. The summed E-state index contributed by atoms with van der Waals surface area (Å²) in [5.41, 5.74) is 1.84. The Morgan fingerprint density at radius 2 is 1.85 bits per heavy atom. The third-order valence-electron chi connectivity index (χ3n) is 5.55. The largest absolute Gasteiger partial charge is 0.479 e. The highest BCUT2D eigenvalue weighted by atomic mass is 16.5. The Labute approximate surface area is 202 Å². The maximum absolute atomic E-state index is 11.1. The van der Waals surface area contributed by atoms with E-state index in [1.54, 1.807) is 0 Å². The lowest BCUT2D eigenvalue weighted by molar-refractivity contribution is -0.148. The predicted octanol–water partition coefficient (Wildman–Crippen LogP) is 5.40. The van der Waals surface area contributed by atoms with E-state index in [-0.39, 0.29) is 12.0 Å². The maximum atomic E-state index is 11.1. The molecule has 5 nitrogen and oxygen atoms in total. The molecule has 0 bridgehead atoms. The highest BCUT2D eigenvalue weighted by molar-refractivity contribution is 5.72. The molecule has 0 saturated carbocycles. The van der Waals surface area contributed by atoms with Gasteiger partial charge >= 0.3 is 5.97 Å². The van der Waals surface area contributed by atoms with Crippen molar-refractivity contribution in [2.75, 3.05) is 13.7 Å². The van der Waals surface area contributed by atoms with Crippen molar-refractivity contribution in [3.63, 3.8) is 0 Å². The third kappa shape index (κ3) is 8.22.